The molecule has 0 spiro atoms. The molecule has 0 unspecified atom stereocenters. The third-order valence-electron chi connectivity index (χ3n) is 4.88. The molecule has 0 atom stereocenters. The van der Waals surface area contributed by atoms with E-state index in [1.54, 1.807) is 23.1 Å². The lowest BCUT2D eigenvalue weighted by Gasteiger charge is -2.32. The zero-order valence-corrected chi connectivity index (χ0v) is 17.1. The zero-order valence-electron chi connectivity index (χ0n) is 16.3. The average molecular weight is 420 g/mol. The smallest absolute Gasteiger partial charge is 0.257 e. The molecule has 156 valence electrons. The Balaban J connectivity index is 1.45. The van der Waals surface area contributed by atoms with Gasteiger partial charge in [0.25, 0.3) is 11.8 Å². The second kappa shape index (κ2) is 9.23. The SMILES string of the molecule is CS(=O)(=O)NCCc1ccc(C(=O)NC2CCN(C(=O)c3ccoc3)CC2)cc1. The van der Waals surface area contributed by atoms with Gasteiger partial charge in [-0.15, -0.1) is 0 Å². The van der Waals surface area contributed by atoms with Crippen molar-refractivity contribution >= 4 is 21.8 Å². The number of benzene rings is 1. The number of nitrogens with one attached hydrogen (secondary N) is 2. The van der Waals surface area contributed by atoms with Gasteiger partial charge in [-0.1, -0.05) is 12.1 Å². The van der Waals surface area contributed by atoms with E-state index in [9.17, 15) is 18.0 Å². The molecule has 2 heterocycles. The Morgan fingerprint density at radius 2 is 1.79 bits per heavy atom. The second-order valence-electron chi connectivity index (χ2n) is 7.17. The molecule has 0 saturated carbocycles. The number of furan rings is 1. The van der Waals surface area contributed by atoms with Crippen LogP contribution in [0.2, 0.25) is 0 Å². The predicted octanol–water partition coefficient (Wildman–Crippen LogP) is 1.41. The first-order valence-corrected chi connectivity index (χ1v) is 11.4. The van der Waals surface area contributed by atoms with Crippen LogP contribution in [0.15, 0.2) is 47.3 Å². The van der Waals surface area contributed by atoms with Crippen molar-refractivity contribution < 1.29 is 22.4 Å². The van der Waals surface area contributed by atoms with Crippen LogP contribution < -0.4 is 10.0 Å². The number of likely N-dealkylation sites (tertiary alicyclic amines) is 1. The van der Waals surface area contributed by atoms with Gasteiger partial charge >= 0.3 is 0 Å². The molecule has 1 aromatic heterocycles. The van der Waals surface area contributed by atoms with E-state index in [1.165, 1.54) is 12.5 Å². The molecule has 1 saturated heterocycles. The third kappa shape index (κ3) is 6.16. The van der Waals surface area contributed by atoms with E-state index in [1.807, 2.05) is 12.1 Å². The number of hydrogen-bond acceptors (Lipinski definition) is 5. The van der Waals surface area contributed by atoms with E-state index in [2.05, 4.69) is 10.0 Å². The highest BCUT2D eigenvalue weighted by molar-refractivity contribution is 7.88. The van der Waals surface area contributed by atoms with Gasteiger partial charge in [-0.3, -0.25) is 9.59 Å². The standard InChI is InChI=1S/C20H25N3O5S/c1-29(26,27)21-10-6-15-2-4-16(5-3-15)19(24)22-18-7-11-23(12-8-18)20(25)17-9-13-28-14-17/h2-5,9,13-14,18,21H,6-8,10-12H2,1H3,(H,22,24). The maximum Gasteiger partial charge on any atom is 0.257 e. The van der Waals surface area contributed by atoms with Gasteiger partial charge in [0.15, 0.2) is 0 Å². The van der Waals surface area contributed by atoms with Crippen molar-refractivity contribution in [2.45, 2.75) is 25.3 Å². The van der Waals surface area contributed by atoms with Crippen LogP contribution in [0, 0.1) is 0 Å². The molecule has 1 fully saturated rings. The van der Waals surface area contributed by atoms with E-state index in [-0.39, 0.29) is 17.9 Å². The van der Waals surface area contributed by atoms with E-state index in [4.69, 9.17) is 4.42 Å². The lowest BCUT2D eigenvalue weighted by atomic mass is 10.0. The Morgan fingerprint density at radius 1 is 1.10 bits per heavy atom. The fourth-order valence-corrected chi connectivity index (χ4v) is 3.74. The maximum atomic E-state index is 12.5. The molecule has 2 amide bonds. The first-order chi connectivity index (χ1) is 13.8. The summed E-state index contributed by atoms with van der Waals surface area (Å²) in [5.41, 5.74) is 2.05. The van der Waals surface area contributed by atoms with Crippen molar-refractivity contribution in [3.8, 4) is 0 Å². The Labute approximate surface area is 170 Å². The summed E-state index contributed by atoms with van der Waals surface area (Å²) in [6.07, 6.45) is 6.00. The van der Waals surface area contributed by atoms with Gasteiger partial charge in [0.05, 0.1) is 18.1 Å². The highest BCUT2D eigenvalue weighted by Crippen LogP contribution is 2.15. The van der Waals surface area contributed by atoms with Crippen molar-refractivity contribution in [1.29, 1.82) is 0 Å². The molecular formula is C20H25N3O5S. The lowest BCUT2D eigenvalue weighted by Crippen LogP contribution is -2.46. The van der Waals surface area contributed by atoms with Crippen molar-refractivity contribution in [3.63, 3.8) is 0 Å². The summed E-state index contributed by atoms with van der Waals surface area (Å²) in [6, 6.07) is 8.80. The molecule has 1 aliphatic rings. The monoisotopic (exact) mass is 419 g/mol. The first kappa shape index (κ1) is 21.1. The molecular weight excluding hydrogens is 394 g/mol. The lowest BCUT2D eigenvalue weighted by molar-refractivity contribution is 0.0697. The van der Waals surface area contributed by atoms with Gasteiger partial charge in [0.1, 0.15) is 6.26 Å². The van der Waals surface area contributed by atoms with Crippen LogP contribution in [0.5, 0.6) is 0 Å². The van der Waals surface area contributed by atoms with Gasteiger partial charge in [0, 0.05) is 31.2 Å². The van der Waals surface area contributed by atoms with Gasteiger partial charge < -0.3 is 14.6 Å². The van der Waals surface area contributed by atoms with Crippen LogP contribution in [0.4, 0.5) is 0 Å². The molecule has 1 aromatic carbocycles. The quantitative estimate of drug-likeness (QED) is 0.705. The molecule has 0 bridgehead atoms. The topological polar surface area (TPSA) is 109 Å². The Bertz CT molecular complexity index is 931. The molecule has 2 aromatic rings. The minimum absolute atomic E-state index is 0.0227. The van der Waals surface area contributed by atoms with Gasteiger partial charge in [-0.25, -0.2) is 13.1 Å². The van der Waals surface area contributed by atoms with Crippen LogP contribution in [-0.4, -0.2) is 57.1 Å². The summed E-state index contributed by atoms with van der Waals surface area (Å²) in [7, 11) is -3.20. The third-order valence-corrected chi connectivity index (χ3v) is 5.61. The summed E-state index contributed by atoms with van der Waals surface area (Å²) in [5.74, 6) is -0.199. The molecule has 0 aliphatic carbocycles. The Hall–Kier alpha value is -2.65. The van der Waals surface area contributed by atoms with E-state index >= 15 is 0 Å². The number of carbonyl (C=O) groups is 2. The number of piperidine rings is 1. The van der Waals surface area contributed by atoms with Crippen molar-refractivity contribution in [2.75, 3.05) is 25.9 Å². The average Bonchev–Trinajstić information content (AvgIpc) is 3.22. The van der Waals surface area contributed by atoms with Crippen LogP contribution in [0.25, 0.3) is 0 Å². The van der Waals surface area contributed by atoms with Crippen LogP contribution in [0.1, 0.15) is 39.1 Å². The normalized spacial score (nSPS) is 15.3. The Kier molecular flexibility index (Phi) is 6.71. The van der Waals surface area contributed by atoms with Crippen LogP contribution >= 0.6 is 0 Å². The molecule has 29 heavy (non-hydrogen) atoms. The van der Waals surface area contributed by atoms with E-state index in [0.29, 0.717) is 50.0 Å². The Morgan fingerprint density at radius 3 is 2.38 bits per heavy atom. The zero-order chi connectivity index (χ0) is 20.9. The molecule has 9 heteroatoms. The molecule has 2 N–H and O–H groups in total. The van der Waals surface area contributed by atoms with Crippen molar-refractivity contribution in [3.05, 3.63) is 59.5 Å². The summed E-state index contributed by atoms with van der Waals surface area (Å²) in [4.78, 5) is 26.6. The van der Waals surface area contributed by atoms with Crippen molar-refractivity contribution in [1.82, 2.24) is 14.9 Å². The molecule has 1 aliphatic heterocycles. The molecule has 0 radical (unpaired) electrons. The van der Waals surface area contributed by atoms with Gasteiger partial charge in [0.2, 0.25) is 10.0 Å². The second-order valence-corrected chi connectivity index (χ2v) is 9.00. The van der Waals surface area contributed by atoms with Gasteiger partial charge in [-0.05, 0) is 43.0 Å². The van der Waals surface area contributed by atoms with E-state index < -0.39 is 10.0 Å². The molecule has 8 nitrogen and oxygen atoms in total. The van der Waals surface area contributed by atoms with Crippen LogP contribution in [0.3, 0.4) is 0 Å². The fourth-order valence-electron chi connectivity index (χ4n) is 3.27. The summed E-state index contributed by atoms with van der Waals surface area (Å²) in [6.45, 7) is 1.49. The summed E-state index contributed by atoms with van der Waals surface area (Å²) >= 11 is 0. The maximum absolute atomic E-state index is 12.5. The summed E-state index contributed by atoms with van der Waals surface area (Å²) < 4.78 is 29.6. The minimum atomic E-state index is -3.20. The number of nitrogens with zero attached hydrogens (tertiary/aromatic N) is 1. The first-order valence-electron chi connectivity index (χ1n) is 9.48. The predicted molar refractivity (Wildman–Crippen MR) is 108 cm³/mol. The largest absolute Gasteiger partial charge is 0.472 e. The number of amides is 2. The van der Waals surface area contributed by atoms with Gasteiger partial charge in [-0.2, -0.15) is 0 Å². The number of hydrogen-bond donors (Lipinski definition) is 2. The minimum Gasteiger partial charge on any atom is -0.472 e. The highest BCUT2D eigenvalue weighted by atomic mass is 32.2. The van der Waals surface area contributed by atoms with E-state index in [0.717, 1.165) is 11.8 Å². The number of rotatable bonds is 7. The molecule has 3 rings (SSSR count). The van der Waals surface area contributed by atoms with Crippen LogP contribution in [-0.2, 0) is 16.4 Å². The summed E-state index contributed by atoms with van der Waals surface area (Å²) in [5, 5.41) is 3.02. The highest BCUT2D eigenvalue weighted by Gasteiger charge is 2.25. The fraction of sp³-hybridized carbons (Fsp3) is 0.400. The van der Waals surface area contributed by atoms with Crippen molar-refractivity contribution in [2.24, 2.45) is 0 Å². The number of sulfonamides is 1. The number of carbonyl (C=O) groups excluding carboxylic acids is 2.